The van der Waals surface area contributed by atoms with Gasteiger partial charge in [0, 0.05) is 10.6 Å². The summed E-state index contributed by atoms with van der Waals surface area (Å²) < 4.78 is 0. The summed E-state index contributed by atoms with van der Waals surface area (Å²) in [7, 11) is 0. The van der Waals surface area contributed by atoms with E-state index in [2.05, 4.69) is 33.2 Å². The van der Waals surface area contributed by atoms with Crippen molar-refractivity contribution in [3.8, 4) is 5.88 Å². The van der Waals surface area contributed by atoms with Gasteiger partial charge in [0.05, 0.1) is 5.52 Å². The summed E-state index contributed by atoms with van der Waals surface area (Å²) in [5.41, 5.74) is 7.31. The maximum absolute atomic E-state index is 10.1. The summed E-state index contributed by atoms with van der Waals surface area (Å²) in [6.07, 6.45) is 0. The molecular weight excluding hydrogens is 240 g/mol. The Bertz CT molecular complexity index is 593. The Morgan fingerprint density at radius 3 is 3.00 bits per heavy atom. The molecule has 0 saturated carbocycles. The van der Waals surface area contributed by atoms with Crippen molar-refractivity contribution in [1.82, 2.24) is 10.4 Å². The molecule has 0 aliphatic carbocycles. The van der Waals surface area contributed by atoms with Crippen LogP contribution in [0.2, 0.25) is 0 Å². The third-order valence-corrected chi connectivity index (χ3v) is 2.49. The van der Waals surface area contributed by atoms with E-state index in [0.717, 1.165) is 16.5 Å². The fraction of sp³-hybridized carbons (Fsp3) is 0.100. The summed E-state index contributed by atoms with van der Waals surface area (Å²) in [6, 6.07) is 5.67. The van der Waals surface area contributed by atoms with Gasteiger partial charge in [-0.2, -0.15) is 0 Å². The number of aromatic nitrogens is 1. The van der Waals surface area contributed by atoms with E-state index in [0.29, 0.717) is 5.69 Å². The van der Waals surface area contributed by atoms with E-state index in [1.807, 2.05) is 25.1 Å². The highest BCUT2D eigenvalue weighted by Gasteiger charge is 2.10. The molecule has 0 fully saturated rings. The fourth-order valence-corrected chi connectivity index (χ4v) is 1.61. The molecule has 1 aromatic heterocycles. The van der Waals surface area contributed by atoms with E-state index in [1.54, 1.807) is 0 Å². The van der Waals surface area contributed by atoms with Gasteiger partial charge in [-0.05, 0) is 31.3 Å². The fourth-order valence-electron chi connectivity index (χ4n) is 1.56. The number of nitrogens with zero attached hydrogens (tertiary/aromatic N) is 1. The zero-order valence-electron chi connectivity index (χ0n) is 8.94. The smallest absolute Gasteiger partial charge is 0.254 e. The van der Waals surface area contributed by atoms with Crippen LogP contribution in [-0.4, -0.2) is 15.2 Å². The maximum Gasteiger partial charge on any atom is 0.254 e. The minimum Gasteiger partial charge on any atom is -0.493 e. The lowest BCUT2D eigenvalue weighted by Gasteiger charge is -2.05. The van der Waals surface area contributed by atoms with E-state index in [4.69, 9.17) is 0 Å². The number of aryl methyl sites for hydroxylation is 1. The lowest BCUT2D eigenvalue weighted by atomic mass is 10.1. The predicted molar refractivity (Wildman–Crippen MR) is 69.9 cm³/mol. The van der Waals surface area contributed by atoms with Crippen molar-refractivity contribution in [2.75, 3.05) is 5.43 Å². The number of benzene rings is 1. The van der Waals surface area contributed by atoms with Crippen molar-refractivity contribution in [3.63, 3.8) is 0 Å². The van der Waals surface area contributed by atoms with Crippen LogP contribution in [0.5, 0.6) is 5.88 Å². The Morgan fingerprint density at radius 2 is 2.29 bits per heavy atom. The average Bonchev–Trinajstić information content (AvgIpc) is 2.61. The van der Waals surface area contributed by atoms with Gasteiger partial charge in [0.25, 0.3) is 5.11 Å². The maximum atomic E-state index is 10.1. The molecule has 0 aliphatic rings. The van der Waals surface area contributed by atoms with Gasteiger partial charge in [-0.3, -0.25) is 10.9 Å². The van der Waals surface area contributed by atoms with E-state index in [1.165, 1.54) is 0 Å². The third-order valence-electron chi connectivity index (χ3n) is 2.31. The van der Waals surface area contributed by atoms with Crippen LogP contribution >= 0.6 is 12.2 Å². The number of anilines is 1. The Hall–Kier alpha value is -2.15. The number of nitroso groups, excluding NO2 is 1. The molecule has 0 spiro atoms. The second-order valence-electron chi connectivity index (χ2n) is 3.54. The molecule has 0 atom stereocenters. The number of rotatable bonds is 2. The van der Waals surface area contributed by atoms with E-state index < -0.39 is 0 Å². The molecule has 0 aliphatic heterocycles. The number of hydrazine groups is 1. The van der Waals surface area contributed by atoms with Crippen LogP contribution in [0.3, 0.4) is 0 Å². The van der Waals surface area contributed by atoms with Crippen LogP contribution < -0.4 is 10.9 Å². The Morgan fingerprint density at radius 1 is 1.53 bits per heavy atom. The standard InChI is InChI=1S/C10H10N4O2S/c1-5-2-3-7-6(4-5)8(9(15)11-7)12-13-10(17)14-16/h2-4,11-12,15H,1H3,(H,13,17). The highest BCUT2D eigenvalue weighted by Crippen LogP contribution is 2.32. The van der Waals surface area contributed by atoms with Crippen molar-refractivity contribution in [3.05, 3.63) is 28.7 Å². The SMILES string of the molecule is Cc1ccc2[nH]c(O)c(NNC(=S)N=O)c2c1. The van der Waals surface area contributed by atoms with E-state index >= 15 is 0 Å². The first kappa shape index (κ1) is 11.3. The van der Waals surface area contributed by atoms with Gasteiger partial charge in [-0.25, -0.2) is 0 Å². The predicted octanol–water partition coefficient (Wildman–Crippen LogP) is 2.15. The van der Waals surface area contributed by atoms with Crippen LogP contribution in [0.25, 0.3) is 10.9 Å². The van der Waals surface area contributed by atoms with Crippen molar-refractivity contribution >= 4 is 33.9 Å². The first-order valence-corrected chi connectivity index (χ1v) is 5.23. The minimum absolute atomic E-state index is 0.0354. The quantitative estimate of drug-likeness (QED) is 0.372. The van der Waals surface area contributed by atoms with Crippen LogP contribution in [-0.2, 0) is 0 Å². The molecule has 2 rings (SSSR count). The topological polar surface area (TPSA) is 89.5 Å². The summed E-state index contributed by atoms with van der Waals surface area (Å²) in [6.45, 7) is 1.94. The van der Waals surface area contributed by atoms with Gasteiger partial charge in [-0.1, -0.05) is 11.6 Å². The lowest BCUT2D eigenvalue weighted by Crippen LogP contribution is -2.25. The van der Waals surface area contributed by atoms with E-state index in [9.17, 15) is 10.0 Å². The number of aromatic hydroxyl groups is 1. The first-order chi connectivity index (χ1) is 8.11. The van der Waals surface area contributed by atoms with Gasteiger partial charge < -0.3 is 10.1 Å². The zero-order chi connectivity index (χ0) is 12.4. The van der Waals surface area contributed by atoms with Crippen molar-refractivity contribution in [2.45, 2.75) is 6.92 Å². The van der Waals surface area contributed by atoms with Crippen LogP contribution in [0.1, 0.15) is 5.56 Å². The van der Waals surface area contributed by atoms with Crippen molar-refractivity contribution < 1.29 is 5.11 Å². The van der Waals surface area contributed by atoms with Crippen LogP contribution in [0, 0.1) is 11.8 Å². The molecule has 88 valence electrons. The first-order valence-electron chi connectivity index (χ1n) is 4.82. The Balaban J connectivity index is 2.38. The highest BCUT2D eigenvalue weighted by atomic mass is 32.1. The average molecular weight is 250 g/mol. The number of hydrogen-bond donors (Lipinski definition) is 4. The second-order valence-corrected chi connectivity index (χ2v) is 3.93. The van der Waals surface area contributed by atoms with Gasteiger partial charge in [-0.15, -0.1) is 4.91 Å². The molecule has 0 saturated heterocycles. The second kappa shape index (κ2) is 4.38. The molecule has 0 radical (unpaired) electrons. The lowest BCUT2D eigenvalue weighted by molar-refractivity contribution is 0.460. The van der Waals surface area contributed by atoms with Crippen LogP contribution in [0.15, 0.2) is 23.4 Å². The molecular formula is C10H10N4O2S. The molecule has 1 aromatic carbocycles. The minimum atomic E-state index is -0.230. The van der Waals surface area contributed by atoms with Gasteiger partial charge in [0.15, 0.2) is 0 Å². The molecule has 4 N–H and O–H groups in total. The molecule has 7 heteroatoms. The molecule has 0 unspecified atom stereocenters. The number of aromatic amines is 1. The van der Waals surface area contributed by atoms with Gasteiger partial charge in [0.1, 0.15) is 5.69 Å². The molecule has 17 heavy (non-hydrogen) atoms. The number of nitrogens with one attached hydrogen (secondary N) is 3. The number of H-pyrrole nitrogens is 1. The van der Waals surface area contributed by atoms with Gasteiger partial charge >= 0.3 is 0 Å². The number of thiocarbonyl (C=S) groups is 1. The summed E-state index contributed by atoms with van der Waals surface area (Å²) in [5, 5.41) is 12.8. The molecule has 0 bridgehead atoms. The molecule has 0 amide bonds. The summed E-state index contributed by atoms with van der Waals surface area (Å²) >= 11 is 4.58. The van der Waals surface area contributed by atoms with Crippen LogP contribution in [0.4, 0.5) is 5.69 Å². The van der Waals surface area contributed by atoms with Crippen molar-refractivity contribution in [1.29, 1.82) is 0 Å². The Labute approximate surface area is 102 Å². The number of hydrogen-bond acceptors (Lipinski definition) is 4. The molecule has 1 heterocycles. The summed E-state index contributed by atoms with van der Waals surface area (Å²) in [4.78, 5) is 12.9. The number of fused-ring (bicyclic) bond motifs is 1. The van der Waals surface area contributed by atoms with Crippen molar-refractivity contribution in [2.24, 2.45) is 5.18 Å². The largest absolute Gasteiger partial charge is 0.493 e. The monoisotopic (exact) mass is 250 g/mol. The highest BCUT2D eigenvalue weighted by molar-refractivity contribution is 7.80. The molecule has 6 nitrogen and oxygen atoms in total. The Kier molecular flexibility index (Phi) is 2.92. The third kappa shape index (κ3) is 2.18. The zero-order valence-corrected chi connectivity index (χ0v) is 9.76. The van der Waals surface area contributed by atoms with Gasteiger partial charge in [0.2, 0.25) is 5.88 Å². The normalized spacial score (nSPS) is 10.2. The summed E-state index contributed by atoms with van der Waals surface area (Å²) in [5.74, 6) is -0.0354. The van der Waals surface area contributed by atoms with E-state index in [-0.39, 0.29) is 11.0 Å². The molecule has 2 aromatic rings.